The van der Waals surface area contributed by atoms with Crippen LogP contribution < -0.4 is 0 Å². The molecule has 0 aliphatic heterocycles. The monoisotopic (exact) mass is 384 g/mol. The first-order valence-electron chi connectivity index (χ1n) is 5.71. The van der Waals surface area contributed by atoms with Gasteiger partial charge in [0.15, 0.2) is 5.78 Å². The maximum atomic E-state index is 13.1. The average Bonchev–Trinajstić information content (AvgIpc) is 2.37. The van der Waals surface area contributed by atoms with Crippen molar-refractivity contribution in [2.45, 2.75) is 13.3 Å². The van der Waals surface area contributed by atoms with Crippen LogP contribution in [0.3, 0.4) is 0 Å². The second-order valence-corrected chi connectivity index (χ2v) is 5.93. The number of hydrogen-bond acceptors (Lipinski definition) is 1. The summed E-state index contributed by atoms with van der Waals surface area (Å²) in [6.07, 6.45) is 0.251. The zero-order valence-electron chi connectivity index (χ0n) is 10.2. The lowest BCUT2D eigenvalue weighted by Gasteiger charge is -2.07. The van der Waals surface area contributed by atoms with E-state index in [2.05, 4.69) is 31.9 Å². The summed E-state index contributed by atoms with van der Waals surface area (Å²) in [6.45, 7) is 1.94. The van der Waals surface area contributed by atoms with Crippen LogP contribution in [0.2, 0.25) is 0 Å². The Balaban J connectivity index is 2.26. The molecule has 0 atom stereocenters. The molecule has 19 heavy (non-hydrogen) atoms. The number of rotatable bonds is 3. The lowest BCUT2D eigenvalue weighted by molar-refractivity contribution is 0.0992. The van der Waals surface area contributed by atoms with Crippen molar-refractivity contribution in [1.29, 1.82) is 0 Å². The van der Waals surface area contributed by atoms with Crippen molar-refractivity contribution in [3.8, 4) is 0 Å². The molecular formula is C15H11Br2FO. The van der Waals surface area contributed by atoms with E-state index in [0.29, 0.717) is 10.0 Å². The summed E-state index contributed by atoms with van der Waals surface area (Å²) < 4.78 is 14.3. The number of benzene rings is 2. The van der Waals surface area contributed by atoms with Crippen molar-refractivity contribution < 1.29 is 9.18 Å². The van der Waals surface area contributed by atoms with Crippen LogP contribution in [0.4, 0.5) is 4.39 Å². The van der Waals surface area contributed by atoms with Gasteiger partial charge in [-0.1, -0.05) is 24.3 Å². The molecule has 0 spiro atoms. The highest BCUT2D eigenvalue weighted by molar-refractivity contribution is 9.10. The number of Topliss-reactive ketones (excluding diaryl/α,β-unsaturated/α-hetero) is 1. The van der Waals surface area contributed by atoms with E-state index >= 15 is 0 Å². The Morgan fingerprint density at radius 3 is 2.63 bits per heavy atom. The van der Waals surface area contributed by atoms with E-state index in [1.54, 1.807) is 18.2 Å². The summed E-state index contributed by atoms with van der Waals surface area (Å²) in [5.41, 5.74) is 2.46. The minimum Gasteiger partial charge on any atom is -0.294 e. The number of carbonyl (C=O) groups excluding carboxylic acids is 1. The van der Waals surface area contributed by atoms with Gasteiger partial charge in [0.05, 0.1) is 4.47 Å². The van der Waals surface area contributed by atoms with E-state index in [-0.39, 0.29) is 18.0 Å². The smallest absolute Gasteiger partial charge is 0.168 e. The van der Waals surface area contributed by atoms with Gasteiger partial charge in [-0.15, -0.1) is 0 Å². The summed E-state index contributed by atoms with van der Waals surface area (Å²) in [5, 5.41) is 0. The van der Waals surface area contributed by atoms with Gasteiger partial charge in [0.25, 0.3) is 0 Å². The molecule has 2 aromatic rings. The summed E-state index contributed by atoms with van der Waals surface area (Å²) in [4.78, 5) is 12.2. The summed E-state index contributed by atoms with van der Waals surface area (Å²) in [7, 11) is 0. The van der Waals surface area contributed by atoms with Crippen LogP contribution in [0.1, 0.15) is 21.5 Å². The van der Waals surface area contributed by atoms with Crippen LogP contribution >= 0.6 is 31.9 Å². The van der Waals surface area contributed by atoms with Crippen molar-refractivity contribution in [2.24, 2.45) is 0 Å². The number of aryl methyl sites for hydroxylation is 1. The first kappa shape index (κ1) is 14.4. The Bertz CT molecular complexity index is 638. The summed E-state index contributed by atoms with van der Waals surface area (Å²) in [6, 6.07) is 10.2. The molecule has 0 aliphatic rings. The Kier molecular flexibility index (Phi) is 4.53. The van der Waals surface area contributed by atoms with E-state index in [1.165, 1.54) is 6.07 Å². The Hall–Kier alpha value is -1.000. The highest BCUT2D eigenvalue weighted by Gasteiger charge is 2.12. The fourth-order valence-corrected chi connectivity index (χ4v) is 2.70. The van der Waals surface area contributed by atoms with E-state index in [0.717, 1.165) is 15.6 Å². The molecular weight excluding hydrogens is 375 g/mol. The van der Waals surface area contributed by atoms with Crippen LogP contribution in [0.5, 0.6) is 0 Å². The Labute approximate surface area is 128 Å². The molecule has 0 N–H and O–H groups in total. The fourth-order valence-electron chi connectivity index (χ4n) is 1.79. The predicted molar refractivity (Wildman–Crippen MR) is 81.0 cm³/mol. The molecule has 0 amide bonds. The molecule has 1 nitrogen and oxygen atoms in total. The molecule has 0 heterocycles. The second kappa shape index (κ2) is 5.97. The molecule has 0 aromatic heterocycles. The van der Waals surface area contributed by atoms with E-state index in [9.17, 15) is 9.18 Å². The van der Waals surface area contributed by atoms with E-state index in [4.69, 9.17) is 0 Å². The van der Waals surface area contributed by atoms with Crippen molar-refractivity contribution in [1.82, 2.24) is 0 Å². The van der Waals surface area contributed by atoms with Crippen LogP contribution in [-0.4, -0.2) is 5.78 Å². The van der Waals surface area contributed by atoms with Crippen molar-refractivity contribution >= 4 is 37.6 Å². The lowest BCUT2D eigenvalue weighted by atomic mass is 10.0. The van der Waals surface area contributed by atoms with Gasteiger partial charge in [0, 0.05) is 16.5 Å². The largest absolute Gasteiger partial charge is 0.294 e. The zero-order chi connectivity index (χ0) is 14.0. The molecule has 98 valence electrons. The third-order valence-corrected chi connectivity index (χ3v) is 4.50. The number of ketones is 1. The van der Waals surface area contributed by atoms with Crippen molar-refractivity contribution in [3.05, 3.63) is 67.9 Å². The summed E-state index contributed by atoms with van der Waals surface area (Å²) in [5.74, 6) is -0.318. The van der Waals surface area contributed by atoms with Crippen molar-refractivity contribution in [2.75, 3.05) is 0 Å². The highest BCUT2D eigenvalue weighted by atomic mass is 79.9. The second-order valence-electron chi connectivity index (χ2n) is 4.28. The van der Waals surface area contributed by atoms with Crippen LogP contribution in [0.25, 0.3) is 0 Å². The van der Waals surface area contributed by atoms with E-state index < -0.39 is 0 Å². The molecule has 0 saturated heterocycles. The summed E-state index contributed by atoms with van der Waals surface area (Å²) >= 11 is 6.55. The van der Waals surface area contributed by atoms with E-state index in [1.807, 2.05) is 19.1 Å². The number of halogens is 3. The number of carbonyl (C=O) groups is 1. The normalized spacial score (nSPS) is 10.5. The topological polar surface area (TPSA) is 17.1 Å². The maximum absolute atomic E-state index is 13.1. The quantitative estimate of drug-likeness (QED) is 0.673. The minimum atomic E-state index is -0.326. The van der Waals surface area contributed by atoms with Gasteiger partial charge in [-0.3, -0.25) is 4.79 Å². The van der Waals surface area contributed by atoms with Crippen molar-refractivity contribution in [3.63, 3.8) is 0 Å². The van der Waals surface area contributed by atoms with Gasteiger partial charge in [-0.2, -0.15) is 0 Å². The minimum absolute atomic E-state index is 0.00841. The fraction of sp³-hybridized carbons (Fsp3) is 0.133. The molecule has 0 saturated carbocycles. The highest BCUT2D eigenvalue weighted by Crippen LogP contribution is 2.23. The standard InChI is InChI=1S/C15H11Br2FO/c1-9-3-2-4-11(15(9)17)14(19)8-10-5-6-13(18)12(16)7-10/h2-7H,8H2,1H3. The van der Waals surface area contributed by atoms with Gasteiger partial charge >= 0.3 is 0 Å². The SMILES string of the molecule is Cc1cccc(C(=O)Cc2ccc(F)c(Br)c2)c1Br. The molecule has 0 fully saturated rings. The van der Waals surface area contributed by atoms with Gasteiger partial charge < -0.3 is 0 Å². The molecule has 0 unspecified atom stereocenters. The molecule has 4 heteroatoms. The first-order valence-corrected chi connectivity index (χ1v) is 7.30. The van der Waals surface area contributed by atoms with Crippen LogP contribution in [-0.2, 0) is 6.42 Å². The predicted octanol–water partition coefficient (Wildman–Crippen LogP) is 5.08. The van der Waals surface area contributed by atoms with Crippen LogP contribution in [0.15, 0.2) is 45.3 Å². The Morgan fingerprint density at radius 2 is 1.95 bits per heavy atom. The Morgan fingerprint density at radius 1 is 1.21 bits per heavy atom. The zero-order valence-corrected chi connectivity index (χ0v) is 13.4. The third-order valence-electron chi connectivity index (χ3n) is 2.84. The van der Waals surface area contributed by atoms with Gasteiger partial charge in [-0.05, 0) is 62.0 Å². The van der Waals surface area contributed by atoms with Gasteiger partial charge in [-0.25, -0.2) is 4.39 Å². The number of hydrogen-bond donors (Lipinski definition) is 0. The van der Waals surface area contributed by atoms with Crippen LogP contribution in [0, 0.1) is 12.7 Å². The average molecular weight is 386 g/mol. The maximum Gasteiger partial charge on any atom is 0.168 e. The third kappa shape index (κ3) is 3.31. The lowest BCUT2D eigenvalue weighted by Crippen LogP contribution is -2.05. The first-order chi connectivity index (χ1) is 8.99. The molecule has 0 bridgehead atoms. The molecule has 2 rings (SSSR count). The molecule has 2 aromatic carbocycles. The van der Waals surface area contributed by atoms with Gasteiger partial charge in [0.1, 0.15) is 5.82 Å². The molecule has 0 radical (unpaired) electrons. The molecule has 0 aliphatic carbocycles. The van der Waals surface area contributed by atoms with Gasteiger partial charge in [0.2, 0.25) is 0 Å².